The second kappa shape index (κ2) is 4.37. The van der Waals surface area contributed by atoms with Gasteiger partial charge in [-0.25, -0.2) is 8.42 Å². The molecule has 88 valence electrons. The summed E-state index contributed by atoms with van der Waals surface area (Å²) in [5.41, 5.74) is 1.83. The molecule has 0 saturated carbocycles. The van der Waals surface area contributed by atoms with Crippen molar-refractivity contribution in [3.05, 3.63) is 28.2 Å². The molecule has 0 unspecified atom stereocenters. The lowest BCUT2D eigenvalue weighted by atomic mass is 10.2. The molecule has 1 aliphatic rings. The normalized spacial score (nSPS) is 19.8. The highest BCUT2D eigenvalue weighted by atomic mass is 79.9. The van der Waals surface area contributed by atoms with E-state index in [-0.39, 0.29) is 5.75 Å². The van der Waals surface area contributed by atoms with E-state index in [1.807, 2.05) is 25.1 Å². The van der Waals surface area contributed by atoms with Gasteiger partial charge in [0.2, 0.25) is 10.0 Å². The monoisotopic (exact) mass is 303 g/mol. The van der Waals surface area contributed by atoms with E-state index in [9.17, 15) is 8.42 Å². The van der Waals surface area contributed by atoms with Crippen LogP contribution in [0.15, 0.2) is 22.7 Å². The minimum atomic E-state index is -3.11. The van der Waals surface area contributed by atoms with Gasteiger partial charge in [0.15, 0.2) is 0 Å². The van der Waals surface area contributed by atoms with Crippen molar-refractivity contribution in [2.45, 2.75) is 19.8 Å². The Kier molecular flexibility index (Phi) is 3.26. The van der Waals surface area contributed by atoms with Gasteiger partial charge in [0.1, 0.15) is 0 Å². The SMILES string of the molecule is Cc1ccc(Br)c(N2CCCCS2(=O)=O)c1. The Morgan fingerprint density at radius 2 is 2.06 bits per heavy atom. The van der Waals surface area contributed by atoms with E-state index in [2.05, 4.69) is 15.9 Å². The van der Waals surface area contributed by atoms with Crippen LogP contribution in [-0.4, -0.2) is 20.7 Å². The van der Waals surface area contributed by atoms with Crippen molar-refractivity contribution >= 4 is 31.6 Å². The molecule has 0 aliphatic carbocycles. The number of sulfonamides is 1. The van der Waals surface area contributed by atoms with Crippen LogP contribution in [0, 0.1) is 6.92 Å². The first-order valence-corrected chi connectivity index (χ1v) is 7.67. The number of halogens is 1. The molecule has 2 rings (SSSR count). The molecule has 1 heterocycles. The minimum absolute atomic E-state index is 0.257. The van der Waals surface area contributed by atoms with Crippen molar-refractivity contribution in [3.63, 3.8) is 0 Å². The van der Waals surface area contributed by atoms with Crippen LogP contribution in [0.2, 0.25) is 0 Å². The summed E-state index contributed by atoms with van der Waals surface area (Å²) < 4.78 is 26.3. The molecule has 0 bridgehead atoms. The summed E-state index contributed by atoms with van der Waals surface area (Å²) in [5.74, 6) is 0.257. The Hall–Kier alpha value is -0.550. The zero-order valence-corrected chi connectivity index (χ0v) is 11.5. The van der Waals surface area contributed by atoms with Gasteiger partial charge in [-0.1, -0.05) is 6.07 Å². The summed E-state index contributed by atoms with van der Waals surface area (Å²) in [6.45, 7) is 2.55. The maximum Gasteiger partial charge on any atom is 0.235 e. The van der Waals surface area contributed by atoms with Gasteiger partial charge >= 0.3 is 0 Å². The van der Waals surface area contributed by atoms with Crippen molar-refractivity contribution in [2.75, 3.05) is 16.6 Å². The number of hydrogen-bond donors (Lipinski definition) is 0. The molecule has 0 amide bonds. The maximum absolute atomic E-state index is 12.0. The molecule has 1 saturated heterocycles. The lowest BCUT2D eigenvalue weighted by Crippen LogP contribution is -2.38. The van der Waals surface area contributed by atoms with Gasteiger partial charge < -0.3 is 0 Å². The zero-order valence-electron chi connectivity index (χ0n) is 9.11. The third-order valence-corrected chi connectivity index (χ3v) is 5.25. The van der Waals surface area contributed by atoms with Crippen molar-refractivity contribution in [2.24, 2.45) is 0 Å². The Morgan fingerprint density at radius 3 is 2.75 bits per heavy atom. The highest BCUT2D eigenvalue weighted by molar-refractivity contribution is 9.10. The third-order valence-electron chi connectivity index (χ3n) is 2.72. The largest absolute Gasteiger partial charge is 0.269 e. The van der Waals surface area contributed by atoms with Crippen molar-refractivity contribution in [1.82, 2.24) is 0 Å². The Bertz CT molecular complexity index is 499. The third kappa shape index (κ3) is 2.25. The zero-order chi connectivity index (χ0) is 11.8. The van der Waals surface area contributed by atoms with E-state index in [0.717, 1.165) is 28.6 Å². The first-order chi connectivity index (χ1) is 7.50. The maximum atomic E-state index is 12.0. The first kappa shape index (κ1) is 11.9. The van der Waals surface area contributed by atoms with Crippen LogP contribution in [0.3, 0.4) is 0 Å². The molecule has 5 heteroatoms. The fourth-order valence-electron chi connectivity index (χ4n) is 1.87. The van der Waals surface area contributed by atoms with Crippen molar-refractivity contribution < 1.29 is 8.42 Å². The summed E-state index contributed by atoms with van der Waals surface area (Å²) in [4.78, 5) is 0. The van der Waals surface area contributed by atoms with Crippen molar-refractivity contribution in [1.29, 1.82) is 0 Å². The molecule has 3 nitrogen and oxygen atoms in total. The number of aryl methyl sites for hydroxylation is 1. The minimum Gasteiger partial charge on any atom is -0.269 e. The molecule has 16 heavy (non-hydrogen) atoms. The van der Waals surface area contributed by atoms with Crippen molar-refractivity contribution in [3.8, 4) is 0 Å². The van der Waals surface area contributed by atoms with Crippen LogP contribution >= 0.6 is 15.9 Å². The topological polar surface area (TPSA) is 37.4 Å². The van der Waals surface area contributed by atoms with Crippen LogP contribution in [0.5, 0.6) is 0 Å². The van der Waals surface area contributed by atoms with Gasteiger partial charge in [0.05, 0.1) is 11.4 Å². The van der Waals surface area contributed by atoms with E-state index in [1.54, 1.807) is 0 Å². The average molecular weight is 304 g/mol. The van der Waals surface area contributed by atoms with E-state index in [0.29, 0.717) is 6.54 Å². The van der Waals surface area contributed by atoms with Crippen LogP contribution in [-0.2, 0) is 10.0 Å². The molecule has 0 spiro atoms. The predicted molar refractivity (Wildman–Crippen MR) is 69.2 cm³/mol. The molecule has 1 aliphatic heterocycles. The molecule has 1 fully saturated rings. The van der Waals surface area contributed by atoms with E-state index in [1.165, 1.54) is 4.31 Å². The number of nitrogens with zero attached hydrogens (tertiary/aromatic N) is 1. The Balaban J connectivity index is 2.46. The quantitative estimate of drug-likeness (QED) is 0.800. The van der Waals surface area contributed by atoms with Gasteiger partial charge in [0, 0.05) is 11.0 Å². The molecule has 1 aromatic rings. The van der Waals surface area contributed by atoms with E-state index in [4.69, 9.17) is 0 Å². The number of anilines is 1. The van der Waals surface area contributed by atoms with E-state index < -0.39 is 10.0 Å². The molecular formula is C11H14BrNO2S. The lowest BCUT2D eigenvalue weighted by Gasteiger charge is -2.29. The van der Waals surface area contributed by atoms with Crippen LogP contribution in [0.1, 0.15) is 18.4 Å². The van der Waals surface area contributed by atoms with Gasteiger partial charge in [-0.2, -0.15) is 0 Å². The summed E-state index contributed by atoms with van der Waals surface area (Å²) in [6, 6.07) is 5.77. The fraction of sp³-hybridized carbons (Fsp3) is 0.455. The summed E-state index contributed by atoms with van der Waals surface area (Å²) in [5, 5.41) is 0. The highest BCUT2D eigenvalue weighted by Crippen LogP contribution is 2.31. The summed E-state index contributed by atoms with van der Waals surface area (Å²) >= 11 is 3.41. The standard InChI is InChI=1S/C11H14BrNO2S/c1-9-4-5-10(12)11(8-9)13-6-2-3-7-16(13,14)15/h4-5,8H,2-3,6-7H2,1H3. The smallest absolute Gasteiger partial charge is 0.235 e. The van der Waals surface area contributed by atoms with Gasteiger partial charge in [-0.15, -0.1) is 0 Å². The molecule has 0 atom stereocenters. The van der Waals surface area contributed by atoms with Crippen LogP contribution in [0.4, 0.5) is 5.69 Å². The molecule has 0 aromatic heterocycles. The highest BCUT2D eigenvalue weighted by Gasteiger charge is 2.27. The number of hydrogen-bond acceptors (Lipinski definition) is 2. The van der Waals surface area contributed by atoms with Crippen LogP contribution in [0.25, 0.3) is 0 Å². The molecule has 1 aromatic carbocycles. The second-order valence-corrected chi connectivity index (χ2v) is 6.92. The molecular weight excluding hydrogens is 290 g/mol. The average Bonchev–Trinajstić information content (AvgIpc) is 2.22. The molecule has 0 radical (unpaired) electrons. The van der Waals surface area contributed by atoms with Gasteiger partial charge in [-0.05, 0) is 53.4 Å². The Labute approximate surface area is 105 Å². The van der Waals surface area contributed by atoms with Crippen LogP contribution < -0.4 is 4.31 Å². The second-order valence-electron chi connectivity index (χ2n) is 4.05. The Morgan fingerprint density at radius 1 is 1.31 bits per heavy atom. The summed E-state index contributed by atoms with van der Waals surface area (Å²) in [6.07, 6.45) is 1.70. The summed E-state index contributed by atoms with van der Waals surface area (Å²) in [7, 11) is -3.11. The lowest BCUT2D eigenvalue weighted by molar-refractivity contribution is 0.574. The predicted octanol–water partition coefficient (Wildman–Crippen LogP) is 2.69. The van der Waals surface area contributed by atoms with E-state index >= 15 is 0 Å². The fourth-order valence-corrected chi connectivity index (χ4v) is 4.10. The van der Waals surface area contributed by atoms with Gasteiger partial charge in [0.25, 0.3) is 0 Å². The number of rotatable bonds is 1. The first-order valence-electron chi connectivity index (χ1n) is 5.27. The van der Waals surface area contributed by atoms with Gasteiger partial charge in [-0.3, -0.25) is 4.31 Å². The molecule has 0 N–H and O–H groups in total. The number of benzene rings is 1.